The lowest BCUT2D eigenvalue weighted by Gasteiger charge is -2.12. The Morgan fingerprint density at radius 1 is 0.935 bits per heavy atom. The van der Waals surface area contributed by atoms with E-state index in [0.717, 1.165) is 6.26 Å². The fraction of sp³-hybridized carbons (Fsp3) is 0.0870. The van der Waals surface area contributed by atoms with Crippen LogP contribution in [0.15, 0.2) is 82.5 Å². The Kier molecular flexibility index (Phi) is 5.16. The van der Waals surface area contributed by atoms with Crippen LogP contribution in [0.4, 0.5) is 5.69 Å². The molecule has 0 aliphatic rings. The number of carbonyl (C=O) groups is 1. The van der Waals surface area contributed by atoms with Crippen molar-refractivity contribution in [2.45, 2.75) is 11.8 Å². The van der Waals surface area contributed by atoms with Gasteiger partial charge in [-0.15, -0.1) is 0 Å². The summed E-state index contributed by atoms with van der Waals surface area (Å²) in [4.78, 5) is 30.1. The molecule has 0 spiro atoms. The molecule has 0 aliphatic heterocycles. The SMILES string of the molecule is Cc1nc2ccccc2c(=O)n1-c1ccc(C(=O)Nc2ccc(S(C)(=O)=O)cc2)cc1. The summed E-state index contributed by atoms with van der Waals surface area (Å²) >= 11 is 0. The van der Waals surface area contributed by atoms with Crippen molar-refractivity contribution in [3.8, 4) is 5.69 Å². The molecule has 3 aromatic carbocycles. The monoisotopic (exact) mass is 433 g/mol. The highest BCUT2D eigenvalue weighted by Gasteiger charge is 2.12. The number of rotatable bonds is 4. The predicted octanol–water partition coefficient (Wildman–Crippen LogP) is 3.35. The normalized spacial score (nSPS) is 11.4. The molecule has 1 amide bonds. The highest BCUT2D eigenvalue weighted by molar-refractivity contribution is 7.90. The summed E-state index contributed by atoms with van der Waals surface area (Å²) in [5, 5.41) is 3.25. The molecule has 0 saturated carbocycles. The lowest BCUT2D eigenvalue weighted by Crippen LogP contribution is -2.22. The van der Waals surface area contributed by atoms with E-state index >= 15 is 0 Å². The Bertz CT molecular complexity index is 1460. The van der Waals surface area contributed by atoms with Gasteiger partial charge in [0.25, 0.3) is 11.5 Å². The van der Waals surface area contributed by atoms with E-state index in [1.165, 1.54) is 28.8 Å². The Morgan fingerprint density at radius 3 is 2.23 bits per heavy atom. The average molecular weight is 433 g/mol. The van der Waals surface area contributed by atoms with Crippen LogP contribution >= 0.6 is 0 Å². The Balaban J connectivity index is 1.59. The van der Waals surface area contributed by atoms with Crippen LogP contribution in [-0.2, 0) is 9.84 Å². The molecule has 0 saturated heterocycles. The number of nitrogens with zero attached hydrogens (tertiary/aromatic N) is 2. The maximum atomic E-state index is 12.9. The maximum Gasteiger partial charge on any atom is 0.265 e. The molecule has 1 N–H and O–H groups in total. The molecular formula is C23H19N3O4S. The van der Waals surface area contributed by atoms with Crippen LogP contribution in [-0.4, -0.2) is 30.1 Å². The van der Waals surface area contributed by atoms with Crippen molar-refractivity contribution in [3.63, 3.8) is 0 Å². The first-order valence-electron chi connectivity index (χ1n) is 9.44. The summed E-state index contributed by atoms with van der Waals surface area (Å²) in [6.07, 6.45) is 1.13. The minimum atomic E-state index is -3.30. The molecule has 0 radical (unpaired) electrons. The van der Waals surface area contributed by atoms with E-state index in [-0.39, 0.29) is 16.4 Å². The molecule has 0 unspecified atom stereocenters. The number of carbonyl (C=O) groups excluding carboxylic acids is 1. The highest BCUT2D eigenvalue weighted by atomic mass is 32.2. The standard InChI is InChI=1S/C23H19N3O4S/c1-15-24-21-6-4-3-5-20(21)23(28)26(15)18-11-7-16(8-12-18)22(27)25-17-9-13-19(14-10-17)31(2,29)30/h3-14H,1-2H3,(H,25,27). The van der Waals surface area contributed by atoms with Crippen molar-refractivity contribution in [2.24, 2.45) is 0 Å². The van der Waals surface area contributed by atoms with Crippen LogP contribution in [0, 0.1) is 6.92 Å². The molecular weight excluding hydrogens is 414 g/mol. The third-order valence-corrected chi connectivity index (χ3v) is 6.00. The molecule has 4 rings (SSSR count). The van der Waals surface area contributed by atoms with E-state index in [0.29, 0.717) is 33.7 Å². The molecule has 8 heteroatoms. The van der Waals surface area contributed by atoms with Gasteiger partial charge in [-0.1, -0.05) is 12.1 Å². The average Bonchev–Trinajstić information content (AvgIpc) is 2.74. The molecule has 4 aromatic rings. The number of benzene rings is 3. The minimum Gasteiger partial charge on any atom is -0.322 e. The molecule has 1 aromatic heterocycles. The van der Waals surface area contributed by atoms with Crippen molar-refractivity contribution in [1.82, 2.24) is 9.55 Å². The van der Waals surface area contributed by atoms with Gasteiger partial charge in [-0.05, 0) is 67.6 Å². The van der Waals surface area contributed by atoms with Crippen molar-refractivity contribution in [2.75, 3.05) is 11.6 Å². The van der Waals surface area contributed by atoms with E-state index in [2.05, 4.69) is 10.3 Å². The number of aromatic nitrogens is 2. The van der Waals surface area contributed by atoms with Gasteiger partial charge < -0.3 is 5.32 Å². The fourth-order valence-corrected chi connectivity index (χ4v) is 3.93. The summed E-state index contributed by atoms with van der Waals surface area (Å²) in [6.45, 7) is 1.76. The molecule has 0 aliphatic carbocycles. The van der Waals surface area contributed by atoms with Gasteiger partial charge in [0.05, 0.1) is 21.5 Å². The summed E-state index contributed by atoms with van der Waals surface area (Å²) in [5.74, 6) is 0.200. The summed E-state index contributed by atoms with van der Waals surface area (Å²) in [7, 11) is -3.30. The first-order valence-corrected chi connectivity index (χ1v) is 11.3. The first kappa shape index (κ1) is 20.5. The number of fused-ring (bicyclic) bond motifs is 1. The van der Waals surface area contributed by atoms with Crippen molar-refractivity contribution in [3.05, 3.63) is 94.5 Å². The zero-order valence-electron chi connectivity index (χ0n) is 16.9. The van der Waals surface area contributed by atoms with Crippen LogP contribution in [0.1, 0.15) is 16.2 Å². The number of hydrogen-bond acceptors (Lipinski definition) is 5. The molecule has 0 bridgehead atoms. The first-order chi connectivity index (χ1) is 14.7. The van der Waals surface area contributed by atoms with E-state index in [1.807, 2.05) is 6.07 Å². The summed E-state index contributed by atoms with van der Waals surface area (Å²) < 4.78 is 24.6. The number of anilines is 1. The van der Waals surface area contributed by atoms with Crippen molar-refractivity contribution < 1.29 is 13.2 Å². The lowest BCUT2D eigenvalue weighted by molar-refractivity contribution is 0.102. The van der Waals surface area contributed by atoms with E-state index < -0.39 is 9.84 Å². The number of sulfone groups is 1. The van der Waals surface area contributed by atoms with Crippen LogP contribution < -0.4 is 10.9 Å². The zero-order chi connectivity index (χ0) is 22.2. The molecule has 1 heterocycles. The smallest absolute Gasteiger partial charge is 0.265 e. The largest absolute Gasteiger partial charge is 0.322 e. The second-order valence-corrected chi connectivity index (χ2v) is 9.13. The third-order valence-electron chi connectivity index (χ3n) is 4.87. The Morgan fingerprint density at radius 2 is 1.58 bits per heavy atom. The van der Waals surface area contributed by atoms with Gasteiger partial charge in [-0.25, -0.2) is 13.4 Å². The number of para-hydroxylation sites is 1. The van der Waals surface area contributed by atoms with E-state index in [4.69, 9.17) is 0 Å². The minimum absolute atomic E-state index is 0.175. The number of amides is 1. The van der Waals surface area contributed by atoms with Gasteiger partial charge in [0.1, 0.15) is 5.82 Å². The van der Waals surface area contributed by atoms with Gasteiger partial charge in [0, 0.05) is 17.5 Å². The Labute approximate surface area is 178 Å². The van der Waals surface area contributed by atoms with Crippen LogP contribution in [0.5, 0.6) is 0 Å². The summed E-state index contributed by atoms with van der Waals surface area (Å²) in [6, 6.07) is 19.7. The van der Waals surface area contributed by atoms with Crippen molar-refractivity contribution in [1.29, 1.82) is 0 Å². The fourth-order valence-electron chi connectivity index (χ4n) is 3.30. The van der Waals surface area contributed by atoms with E-state index in [9.17, 15) is 18.0 Å². The molecule has 0 atom stereocenters. The number of nitrogens with one attached hydrogen (secondary N) is 1. The van der Waals surface area contributed by atoms with Crippen LogP contribution in [0.3, 0.4) is 0 Å². The second-order valence-electron chi connectivity index (χ2n) is 7.11. The molecule has 31 heavy (non-hydrogen) atoms. The van der Waals surface area contributed by atoms with Gasteiger partial charge in [0.15, 0.2) is 9.84 Å². The third kappa shape index (κ3) is 4.10. The second kappa shape index (κ2) is 7.81. The Hall–Kier alpha value is -3.78. The quantitative estimate of drug-likeness (QED) is 0.532. The van der Waals surface area contributed by atoms with E-state index in [1.54, 1.807) is 49.4 Å². The highest BCUT2D eigenvalue weighted by Crippen LogP contribution is 2.17. The maximum absolute atomic E-state index is 12.9. The topological polar surface area (TPSA) is 98.1 Å². The van der Waals surface area contributed by atoms with Crippen molar-refractivity contribution >= 4 is 32.3 Å². The van der Waals surface area contributed by atoms with Gasteiger partial charge in [-0.3, -0.25) is 14.2 Å². The molecule has 7 nitrogen and oxygen atoms in total. The number of hydrogen-bond donors (Lipinski definition) is 1. The molecule has 0 fully saturated rings. The van der Waals surface area contributed by atoms with Gasteiger partial charge in [0.2, 0.25) is 0 Å². The van der Waals surface area contributed by atoms with Gasteiger partial charge >= 0.3 is 0 Å². The lowest BCUT2D eigenvalue weighted by atomic mass is 10.1. The zero-order valence-corrected chi connectivity index (χ0v) is 17.7. The van der Waals surface area contributed by atoms with Gasteiger partial charge in [-0.2, -0.15) is 0 Å². The number of aryl methyl sites for hydroxylation is 1. The van der Waals surface area contributed by atoms with Crippen LogP contribution in [0.2, 0.25) is 0 Å². The molecule has 156 valence electrons. The van der Waals surface area contributed by atoms with Crippen LogP contribution in [0.25, 0.3) is 16.6 Å². The summed E-state index contributed by atoms with van der Waals surface area (Å²) in [5.41, 5.74) is 1.95. The predicted molar refractivity (Wildman–Crippen MR) is 120 cm³/mol.